The number of hydrogen-bond donors (Lipinski definition) is 2. The number of halogens is 1. The Kier molecular flexibility index (Phi) is 5.62. The molecule has 0 heterocycles. The van der Waals surface area contributed by atoms with Crippen molar-refractivity contribution < 1.29 is 13.2 Å². The smallest absolute Gasteiger partial charge is 0.240 e. The fourth-order valence-electron chi connectivity index (χ4n) is 1.79. The summed E-state index contributed by atoms with van der Waals surface area (Å²) < 4.78 is 32.0. The van der Waals surface area contributed by atoms with Crippen LogP contribution in [-0.2, 0) is 21.3 Å². The molecule has 0 saturated heterocycles. The molecule has 1 aromatic rings. The SMILES string of the molecule is COC(C)CNS(=O)(=O)c1ccc(Cl)c(CNC2CC2)c1. The Balaban J connectivity index is 2.08. The molecular weight excluding hydrogens is 312 g/mol. The lowest BCUT2D eigenvalue weighted by molar-refractivity contribution is 0.122. The molecule has 5 nitrogen and oxygen atoms in total. The average molecular weight is 333 g/mol. The molecule has 2 N–H and O–H groups in total. The number of rotatable bonds is 8. The molecule has 2 rings (SSSR count). The second-order valence-electron chi connectivity index (χ2n) is 5.31. The van der Waals surface area contributed by atoms with Gasteiger partial charge in [0, 0.05) is 31.3 Å². The van der Waals surface area contributed by atoms with Crippen LogP contribution in [0.2, 0.25) is 5.02 Å². The second-order valence-corrected chi connectivity index (χ2v) is 7.48. The van der Waals surface area contributed by atoms with Crippen LogP contribution in [0.15, 0.2) is 23.1 Å². The predicted molar refractivity (Wildman–Crippen MR) is 83.0 cm³/mol. The molecule has 7 heteroatoms. The van der Waals surface area contributed by atoms with Gasteiger partial charge in [-0.2, -0.15) is 0 Å². The van der Waals surface area contributed by atoms with E-state index in [-0.39, 0.29) is 17.5 Å². The largest absolute Gasteiger partial charge is 0.380 e. The fraction of sp³-hybridized carbons (Fsp3) is 0.571. The van der Waals surface area contributed by atoms with Gasteiger partial charge in [0.05, 0.1) is 11.0 Å². The number of benzene rings is 1. The van der Waals surface area contributed by atoms with Gasteiger partial charge in [0.15, 0.2) is 0 Å². The van der Waals surface area contributed by atoms with Crippen molar-refractivity contribution >= 4 is 21.6 Å². The van der Waals surface area contributed by atoms with E-state index < -0.39 is 10.0 Å². The van der Waals surface area contributed by atoms with E-state index in [1.165, 1.54) is 18.9 Å². The van der Waals surface area contributed by atoms with Crippen LogP contribution in [0.1, 0.15) is 25.3 Å². The van der Waals surface area contributed by atoms with Crippen LogP contribution < -0.4 is 10.0 Å². The molecular formula is C14H21ClN2O3S. The Bertz CT molecular complexity index is 588. The zero-order valence-corrected chi connectivity index (χ0v) is 13.8. The van der Waals surface area contributed by atoms with E-state index in [2.05, 4.69) is 10.0 Å². The van der Waals surface area contributed by atoms with Crippen molar-refractivity contribution in [3.8, 4) is 0 Å². The van der Waals surface area contributed by atoms with E-state index in [0.717, 1.165) is 5.56 Å². The maximum absolute atomic E-state index is 12.2. The lowest BCUT2D eigenvalue weighted by atomic mass is 10.2. The minimum atomic E-state index is -3.54. The van der Waals surface area contributed by atoms with Gasteiger partial charge in [-0.15, -0.1) is 0 Å². The van der Waals surface area contributed by atoms with Gasteiger partial charge in [-0.3, -0.25) is 0 Å². The molecule has 1 atom stereocenters. The summed E-state index contributed by atoms with van der Waals surface area (Å²) in [5.74, 6) is 0. The molecule has 1 fully saturated rings. The summed E-state index contributed by atoms with van der Waals surface area (Å²) >= 11 is 6.12. The molecule has 0 aliphatic heterocycles. The molecule has 1 aliphatic carbocycles. The van der Waals surface area contributed by atoms with Crippen molar-refractivity contribution in [1.29, 1.82) is 0 Å². The van der Waals surface area contributed by atoms with Crippen LogP contribution in [0.3, 0.4) is 0 Å². The van der Waals surface area contributed by atoms with Crippen molar-refractivity contribution in [2.24, 2.45) is 0 Å². The standard InChI is InChI=1S/C14H21ClN2O3S/c1-10(20-2)8-17-21(18,19)13-5-6-14(15)11(7-13)9-16-12-3-4-12/h5-7,10,12,16-17H,3-4,8-9H2,1-2H3. The Hall–Kier alpha value is -0.660. The Labute approximate surface area is 131 Å². The van der Waals surface area contributed by atoms with E-state index in [1.54, 1.807) is 26.2 Å². The van der Waals surface area contributed by atoms with Crippen molar-refractivity contribution in [3.05, 3.63) is 28.8 Å². The first-order valence-electron chi connectivity index (χ1n) is 6.96. The van der Waals surface area contributed by atoms with E-state index in [0.29, 0.717) is 17.6 Å². The average Bonchev–Trinajstić information content (AvgIpc) is 3.28. The first-order chi connectivity index (χ1) is 9.92. The molecule has 1 unspecified atom stereocenters. The van der Waals surface area contributed by atoms with Crippen LogP contribution in [-0.4, -0.2) is 34.2 Å². The monoisotopic (exact) mass is 332 g/mol. The molecule has 118 valence electrons. The normalized spacial score (nSPS) is 16.9. The summed E-state index contributed by atoms with van der Waals surface area (Å²) in [6.45, 7) is 2.62. The van der Waals surface area contributed by atoms with Gasteiger partial charge < -0.3 is 10.1 Å². The summed E-state index contributed by atoms with van der Waals surface area (Å²) in [4.78, 5) is 0.225. The molecule has 0 bridgehead atoms. The molecule has 1 aromatic carbocycles. The number of ether oxygens (including phenoxy) is 1. The third-order valence-electron chi connectivity index (χ3n) is 3.45. The third-order valence-corrected chi connectivity index (χ3v) is 5.24. The Morgan fingerprint density at radius 1 is 1.43 bits per heavy atom. The Morgan fingerprint density at radius 3 is 2.76 bits per heavy atom. The number of hydrogen-bond acceptors (Lipinski definition) is 4. The van der Waals surface area contributed by atoms with Crippen LogP contribution in [0.25, 0.3) is 0 Å². The zero-order valence-electron chi connectivity index (χ0n) is 12.2. The topological polar surface area (TPSA) is 67.4 Å². The summed E-state index contributed by atoms with van der Waals surface area (Å²) in [7, 11) is -2.00. The number of sulfonamides is 1. The minimum Gasteiger partial charge on any atom is -0.380 e. The van der Waals surface area contributed by atoms with E-state index in [4.69, 9.17) is 16.3 Å². The first-order valence-corrected chi connectivity index (χ1v) is 8.83. The zero-order chi connectivity index (χ0) is 15.5. The van der Waals surface area contributed by atoms with E-state index in [9.17, 15) is 8.42 Å². The molecule has 1 saturated carbocycles. The molecule has 1 aliphatic rings. The van der Waals surface area contributed by atoms with Gasteiger partial charge in [-0.1, -0.05) is 11.6 Å². The quantitative estimate of drug-likeness (QED) is 0.763. The third kappa shape index (κ3) is 4.93. The summed E-state index contributed by atoms with van der Waals surface area (Å²) in [6, 6.07) is 5.31. The predicted octanol–water partition coefficient (Wildman–Crippen LogP) is 1.91. The van der Waals surface area contributed by atoms with Crippen molar-refractivity contribution in [2.75, 3.05) is 13.7 Å². The highest BCUT2D eigenvalue weighted by molar-refractivity contribution is 7.89. The molecule has 0 amide bonds. The fourth-order valence-corrected chi connectivity index (χ4v) is 3.14. The maximum atomic E-state index is 12.2. The molecule has 0 aromatic heterocycles. The molecule has 0 spiro atoms. The van der Waals surface area contributed by atoms with Gasteiger partial charge in [0.25, 0.3) is 0 Å². The molecule has 21 heavy (non-hydrogen) atoms. The van der Waals surface area contributed by atoms with Gasteiger partial charge >= 0.3 is 0 Å². The molecule has 0 radical (unpaired) electrons. The van der Waals surface area contributed by atoms with Crippen LogP contribution in [0.5, 0.6) is 0 Å². The van der Waals surface area contributed by atoms with Crippen molar-refractivity contribution in [2.45, 2.75) is 43.4 Å². The second kappa shape index (κ2) is 7.07. The highest BCUT2D eigenvalue weighted by Gasteiger charge is 2.21. The van der Waals surface area contributed by atoms with Crippen LogP contribution in [0, 0.1) is 0 Å². The van der Waals surface area contributed by atoms with Crippen LogP contribution in [0.4, 0.5) is 0 Å². The minimum absolute atomic E-state index is 0.178. The van der Waals surface area contributed by atoms with Gasteiger partial charge in [0.2, 0.25) is 10.0 Å². The van der Waals surface area contributed by atoms with Crippen LogP contribution >= 0.6 is 11.6 Å². The number of methoxy groups -OCH3 is 1. The lowest BCUT2D eigenvalue weighted by Gasteiger charge is -2.13. The lowest BCUT2D eigenvalue weighted by Crippen LogP contribution is -2.31. The van der Waals surface area contributed by atoms with Gasteiger partial charge in [-0.05, 0) is 43.5 Å². The van der Waals surface area contributed by atoms with Gasteiger partial charge in [0.1, 0.15) is 0 Å². The maximum Gasteiger partial charge on any atom is 0.240 e. The highest BCUT2D eigenvalue weighted by atomic mass is 35.5. The Morgan fingerprint density at radius 2 is 2.14 bits per heavy atom. The first kappa shape index (κ1) is 16.7. The van der Waals surface area contributed by atoms with Crippen molar-refractivity contribution in [3.63, 3.8) is 0 Å². The highest BCUT2D eigenvalue weighted by Crippen LogP contribution is 2.23. The van der Waals surface area contributed by atoms with E-state index >= 15 is 0 Å². The van der Waals surface area contributed by atoms with Gasteiger partial charge in [-0.25, -0.2) is 13.1 Å². The summed E-state index contributed by atoms with van der Waals surface area (Å²) in [5, 5.41) is 3.91. The van der Waals surface area contributed by atoms with E-state index in [1.807, 2.05) is 0 Å². The van der Waals surface area contributed by atoms with Crippen molar-refractivity contribution in [1.82, 2.24) is 10.0 Å². The summed E-state index contributed by atoms with van der Waals surface area (Å²) in [5.41, 5.74) is 0.797. The summed E-state index contributed by atoms with van der Waals surface area (Å²) in [6.07, 6.45) is 2.17. The number of nitrogens with one attached hydrogen (secondary N) is 2.